The fraction of sp³-hybridized carbons (Fsp3) is 0.381. The molecule has 1 aliphatic rings. The van der Waals surface area contributed by atoms with Crippen molar-refractivity contribution in [2.24, 2.45) is 0 Å². The van der Waals surface area contributed by atoms with Crippen LogP contribution in [0.1, 0.15) is 17.2 Å². The zero-order valence-corrected chi connectivity index (χ0v) is 19.2. The summed E-state index contributed by atoms with van der Waals surface area (Å²) in [6.45, 7) is 5.19. The Morgan fingerprint density at radius 2 is 1.52 bits per heavy atom. The van der Waals surface area contributed by atoms with Crippen molar-refractivity contribution < 1.29 is 9.53 Å². The first-order valence-corrected chi connectivity index (χ1v) is 9.92. The summed E-state index contributed by atoms with van der Waals surface area (Å²) in [5.41, 5.74) is 2.54. The fourth-order valence-electron chi connectivity index (χ4n) is 3.49. The topological polar surface area (TPSA) is 32.8 Å². The van der Waals surface area contributed by atoms with Crippen LogP contribution >= 0.6 is 48.0 Å². The Morgan fingerprint density at radius 1 is 0.931 bits per heavy atom. The van der Waals surface area contributed by atoms with E-state index in [1.54, 1.807) is 0 Å². The summed E-state index contributed by atoms with van der Waals surface area (Å²) in [5.74, 6) is 0. The van der Waals surface area contributed by atoms with E-state index in [1.165, 1.54) is 11.1 Å². The number of piperazine rings is 1. The predicted octanol–water partition coefficient (Wildman–Crippen LogP) is 4.67. The van der Waals surface area contributed by atoms with Gasteiger partial charge in [-0.15, -0.1) is 24.8 Å². The first-order chi connectivity index (χ1) is 13.1. The molecule has 0 amide bonds. The van der Waals surface area contributed by atoms with Crippen molar-refractivity contribution >= 4 is 53.3 Å². The molecule has 160 valence electrons. The lowest BCUT2D eigenvalue weighted by Gasteiger charge is -2.39. The van der Waals surface area contributed by atoms with Gasteiger partial charge in [0.05, 0.1) is 12.6 Å². The van der Waals surface area contributed by atoms with Crippen LogP contribution in [0, 0.1) is 0 Å². The first-order valence-electron chi connectivity index (χ1n) is 9.16. The number of ether oxygens (including phenoxy) is 1. The second-order valence-corrected chi connectivity index (χ2v) is 7.51. The molecule has 29 heavy (non-hydrogen) atoms. The van der Waals surface area contributed by atoms with Crippen molar-refractivity contribution in [3.05, 3.63) is 70.7 Å². The number of carbonyl (C=O) groups excluding carboxylic acids is 1. The van der Waals surface area contributed by atoms with Gasteiger partial charge < -0.3 is 4.74 Å². The maximum Gasteiger partial charge on any atom is 0.247 e. The standard InChI is InChI=1S/C21H24Cl2N2O2.2ClH/c22-19-8-6-18(7-9-19)21(17-4-2-1-3-5-17)25-12-10-24(11-13-25)14-15-27-16-20(23)26;;/h1-9,21H,10-16H2;2*1H. The molecule has 0 bridgehead atoms. The summed E-state index contributed by atoms with van der Waals surface area (Å²) in [7, 11) is 0. The Labute approximate surface area is 194 Å². The highest BCUT2D eigenvalue weighted by atomic mass is 35.5. The molecule has 1 fully saturated rings. The number of rotatable bonds is 8. The molecule has 1 heterocycles. The summed E-state index contributed by atoms with van der Waals surface area (Å²) in [4.78, 5) is 15.6. The molecule has 0 aliphatic carbocycles. The average Bonchev–Trinajstić information content (AvgIpc) is 2.69. The molecule has 0 saturated carbocycles. The van der Waals surface area contributed by atoms with E-state index < -0.39 is 5.24 Å². The second kappa shape index (κ2) is 13.5. The van der Waals surface area contributed by atoms with E-state index in [-0.39, 0.29) is 37.5 Å². The maximum atomic E-state index is 10.7. The monoisotopic (exact) mass is 478 g/mol. The number of carbonyl (C=O) groups is 1. The van der Waals surface area contributed by atoms with Crippen LogP contribution in [0.3, 0.4) is 0 Å². The normalized spacial score (nSPS) is 15.8. The lowest BCUT2D eigenvalue weighted by molar-refractivity contribution is -0.116. The fourth-order valence-corrected chi connectivity index (χ4v) is 3.69. The summed E-state index contributed by atoms with van der Waals surface area (Å²) in [5, 5.41) is 0.305. The van der Waals surface area contributed by atoms with Gasteiger partial charge in [0.1, 0.15) is 6.61 Å². The summed E-state index contributed by atoms with van der Waals surface area (Å²) >= 11 is 11.4. The highest BCUT2D eigenvalue weighted by Gasteiger charge is 2.26. The minimum atomic E-state index is -0.450. The second-order valence-electron chi connectivity index (χ2n) is 6.65. The van der Waals surface area contributed by atoms with Crippen LogP contribution in [0.5, 0.6) is 0 Å². The molecule has 1 aliphatic heterocycles. The number of halogens is 4. The van der Waals surface area contributed by atoms with Crippen molar-refractivity contribution in [1.82, 2.24) is 9.80 Å². The SMILES string of the molecule is Cl.Cl.O=C(Cl)COCCN1CCN(C(c2ccccc2)c2ccc(Cl)cc2)CC1. The van der Waals surface area contributed by atoms with Crippen LogP contribution in [-0.2, 0) is 9.53 Å². The van der Waals surface area contributed by atoms with Gasteiger partial charge in [-0.3, -0.25) is 14.6 Å². The molecular weight excluding hydrogens is 454 g/mol. The van der Waals surface area contributed by atoms with Crippen molar-refractivity contribution in [2.75, 3.05) is 45.9 Å². The summed E-state index contributed by atoms with van der Waals surface area (Å²) in [6.07, 6.45) is 0. The molecular formula is C21H26Cl4N2O2. The van der Waals surface area contributed by atoms with E-state index in [9.17, 15) is 4.79 Å². The van der Waals surface area contributed by atoms with Gasteiger partial charge in [0.15, 0.2) is 0 Å². The van der Waals surface area contributed by atoms with Crippen molar-refractivity contribution in [1.29, 1.82) is 0 Å². The number of hydrogen-bond donors (Lipinski definition) is 0. The minimum absolute atomic E-state index is 0. The molecule has 0 spiro atoms. The first kappa shape index (κ1) is 26.2. The van der Waals surface area contributed by atoms with Crippen LogP contribution < -0.4 is 0 Å². The van der Waals surface area contributed by atoms with Gasteiger partial charge in [-0.2, -0.15) is 0 Å². The highest BCUT2D eigenvalue weighted by molar-refractivity contribution is 6.63. The van der Waals surface area contributed by atoms with Crippen LogP contribution in [0.4, 0.5) is 0 Å². The molecule has 1 atom stereocenters. The number of nitrogens with zero attached hydrogens (tertiary/aromatic N) is 2. The van der Waals surface area contributed by atoms with Crippen molar-refractivity contribution in [3.8, 4) is 0 Å². The van der Waals surface area contributed by atoms with Crippen LogP contribution in [0.2, 0.25) is 5.02 Å². The Morgan fingerprint density at radius 3 is 2.10 bits per heavy atom. The molecule has 1 unspecified atom stereocenters. The molecule has 8 heteroatoms. The van der Waals surface area contributed by atoms with E-state index in [0.717, 1.165) is 37.7 Å². The Hall–Kier alpha value is -0.850. The number of benzene rings is 2. The van der Waals surface area contributed by atoms with Gasteiger partial charge in [0.2, 0.25) is 5.24 Å². The third-order valence-corrected chi connectivity index (χ3v) is 5.20. The van der Waals surface area contributed by atoms with Crippen LogP contribution in [0.25, 0.3) is 0 Å². The average molecular weight is 480 g/mol. The molecule has 2 aromatic carbocycles. The third-order valence-electron chi connectivity index (χ3n) is 4.84. The van der Waals surface area contributed by atoms with E-state index in [2.05, 4.69) is 46.2 Å². The maximum absolute atomic E-state index is 10.7. The zero-order chi connectivity index (χ0) is 19.1. The minimum Gasteiger partial charge on any atom is -0.371 e. The predicted molar refractivity (Wildman–Crippen MR) is 124 cm³/mol. The molecule has 4 nitrogen and oxygen atoms in total. The van der Waals surface area contributed by atoms with Gasteiger partial charge >= 0.3 is 0 Å². The van der Waals surface area contributed by atoms with Crippen LogP contribution in [-0.4, -0.2) is 61.0 Å². The lowest BCUT2D eigenvalue weighted by Crippen LogP contribution is -2.48. The van der Waals surface area contributed by atoms with E-state index >= 15 is 0 Å². The Kier molecular flexibility index (Phi) is 12.1. The summed E-state index contributed by atoms with van der Waals surface area (Å²) in [6, 6.07) is 18.9. The molecule has 0 radical (unpaired) electrons. The van der Waals surface area contributed by atoms with Gasteiger partial charge in [-0.05, 0) is 34.9 Å². The summed E-state index contributed by atoms with van der Waals surface area (Å²) < 4.78 is 5.27. The van der Waals surface area contributed by atoms with Crippen LogP contribution in [0.15, 0.2) is 54.6 Å². The zero-order valence-electron chi connectivity index (χ0n) is 16.0. The Balaban J connectivity index is 0.00000210. The van der Waals surface area contributed by atoms with E-state index in [0.29, 0.717) is 6.61 Å². The van der Waals surface area contributed by atoms with Gasteiger partial charge in [-0.1, -0.05) is 54.1 Å². The third kappa shape index (κ3) is 8.06. The van der Waals surface area contributed by atoms with Crippen molar-refractivity contribution in [3.63, 3.8) is 0 Å². The van der Waals surface area contributed by atoms with E-state index in [4.69, 9.17) is 27.9 Å². The van der Waals surface area contributed by atoms with E-state index in [1.807, 2.05) is 18.2 Å². The van der Waals surface area contributed by atoms with Crippen molar-refractivity contribution in [2.45, 2.75) is 6.04 Å². The highest BCUT2D eigenvalue weighted by Crippen LogP contribution is 2.30. The quantitative estimate of drug-likeness (QED) is 0.406. The molecule has 2 aromatic rings. The lowest BCUT2D eigenvalue weighted by atomic mass is 9.96. The molecule has 0 N–H and O–H groups in total. The van der Waals surface area contributed by atoms with Gasteiger partial charge in [0.25, 0.3) is 0 Å². The molecule has 0 aromatic heterocycles. The Bertz CT molecular complexity index is 723. The number of hydrogen-bond acceptors (Lipinski definition) is 4. The largest absolute Gasteiger partial charge is 0.371 e. The van der Waals surface area contributed by atoms with Gasteiger partial charge in [-0.25, -0.2) is 0 Å². The molecule has 3 rings (SSSR count). The van der Waals surface area contributed by atoms with Gasteiger partial charge in [0, 0.05) is 37.7 Å². The smallest absolute Gasteiger partial charge is 0.247 e. The molecule has 1 saturated heterocycles.